The first-order valence-corrected chi connectivity index (χ1v) is 6.04. The molecule has 1 unspecified atom stereocenters. The van der Waals surface area contributed by atoms with Gasteiger partial charge in [-0.1, -0.05) is 25.3 Å². The Balaban J connectivity index is 2.09. The minimum atomic E-state index is -0.334. The molecule has 0 bridgehead atoms. The lowest BCUT2D eigenvalue weighted by molar-refractivity contribution is 0.261. The van der Waals surface area contributed by atoms with Gasteiger partial charge in [0.1, 0.15) is 0 Å². The average molecular weight is 238 g/mol. The van der Waals surface area contributed by atoms with Gasteiger partial charge < -0.3 is 4.74 Å². The molecule has 0 saturated heterocycles. The maximum Gasteiger partial charge on any atom is 0.165 e. The van der Waals surface area contributed by atoms with Crippen LogP contribution in [0.3, 0.4) is 0 Å². The van der Waals surface area contributed by atoms with Crippen molar-refractivity contribution in [1.82, 2.24) is 5.43 Å². The van der Waals surface area contributed by atoms with Crippen LogP contribution in [-0.4, -0.2) is 7.11 Å². The van der Waals surface area contributed by atoms with Crippen LogP contribution in [0, 0.1) is 11.7 Å². The van der Waals surface area contributed by atoms with Crippen LogP contribution in [-0.2, 0) is 0 Å². The van der Waals surface area contributed by atoms with E-state index in [1.54, 1.807) is 6.07 Å². The molecule has 1 aliphatic rings. The van der Waals surface area contributed by atoms with Crippen LogP contribution in [0.2, 0.25) is 0 Å². The molecule has 3 N–H and O–H groups in total. The number of nitrogens with two attached hydrogens (primary N) is 1. The molecule has 2 rings (SSSR count). The fourth-order valence-electron chi connectivity index (χ4n) is 2.26. The molecule has 0 aliphatic heterocycles. The predicted molar refractivity (Wildman–Crippen MR) is 65.0 cm³/mol. The lowest BCUT2D eigenvalue weighted by Gasteiger charge is -2.29. The highest BCUT2D eigenvalue weighted by molar-refractivity contribution is 5.31. The van der Waals surface area contributed by atoms with Gasteiger partial charge in [-0.3, -0.25) is 11.3 Å². The van der Waals surface area contributed by atoms with E-state index in [9.17, 15) is 4.39 Å². The van der Waals surface area contributed by atoms with Gasteiger partial charge in [-0.05, 0) is 30.0 Å². The maximum atomic E-state index is 13.6. The Kier molecular flexibility index (Phi) is 3.97. The molecule has 1 aromatic rings. The van der Waals surface area contributed by atoms with Crippen molar-refractivity contribution in [2.24, 2.45) is 11.8 Å². The number of hydrogen-bond donors (Lipinski definition) is 2. The molecule has 1 fully saturated rings. The normalized spacial score (nSPS) is 17.6. The zero-order valence-corrected chi connectivity index (χ0v) is 10.1. The SMILES string of the molecule is COc1ccc(C(CC2CCC2)NN)cc1F. The minimum Gasteiger partial charge on any atom is -0.494 e. The van der Waals surface area contributed by atoms with Crippen molar-refractivity contribution < 1.29 is 9.13 Å². The second-order valence-corrected chi connectivity index (χ2v) is 4.65. The van der Waals surface area contributed by atoms with Gasteiger partial charge in [-0.2, -0.15) is 0 Å². The quantitative estimate of drug-likeness (QED) is 0.612. The van der Waals surface area contributed by atoms with Crippen LogP contribution in [0.25, 0.3) is 0 Å². The third-order valence-electron chi connectivity index (χ3n) is 3.57. The van der Waals surface area contributed by atoms with Gasteiger partial charge in [0, 0.05) is 6.04 Å². The summed E-state index contributed by atoms with van der Waals surface area (Å²) in [6.07, 6.45) is 4.80. The van der Waals surface area contributed by atoms with Crippen LogP contribution >= 0.6 is 0 Å². The molecule has 0 spiro atoms. The molecule has 0 heterocycles. The number of benzene rings is 1. The summed E-state index contributed by atoms with van der Waals surface area (Å²) in [5.74, 6) is 6.21. The van der Waals surface area contributed by atoms with E-state index in [0.717, 1.165) is 17.9 Å². The summed E-state index contributed by atoms with van der Waals surface area (Å²) >= 11 is 0. The van der Waals surface area contributed by atoms with Crippen LogP contribution in [0.15, 0.2) is 18.2 Å². The van der Waals surface area contributed by atoms with Gasteiger partial charge in [0.15, 0.2) is 11.6 Å². The summed E-state index contributed by atoms with van der Waals surface area (Å²) in [5, 5.41) is 0. The molecule has 94 valence electrons. The van der Waals surface area contributed by atoms with E-state index in [2.05, 4.69) is 5.43 Å². The smallest absolute Gasteiger partial charge is 0.165 e. The zero-order chi connectivity index (χ0) is 12.3. The van der Waals surface area contributed by atoms with E-state index < -0.39 is 0 Å². The van der Waals surface area contributed by atoms with Gasteiger partial charge in [-0.25, -0.2) is 4.39 Å². The summed E-state index contributed by atoms with van der Waals surface area (Å²) in [4.78, 5) is 0. The topological polar surface area (TPSA) is 47.3 Å². The summed E-state index contributed by atoms with van der Waals surface area (Å²) in [6, 6.07) is 5.05. The Labute approximate surface area is 101 Å². The molecule has 0 radical (unpaired) electrons. The summed E-state index contributed by atoms with van der Waals surface area (Å²) in [5.41, 5.74) is 3.66. The Morgan fingerprint density at radius 2 is 2.29 bits per heavy atom. The first-order valence-electron chi connectivity index (χ1n) is 6.04. The van der Waals surface area contributed by atoms with Gasteiger partial charge in [-0.15, -0.1) is 0 Å². The van der Waals surface area contributed by atoms with Gasteiger partial charge in [0.05, 0.1) is 7.11 Å². The van der Waals surface area contributed by atoms with Crippen LogP contribution in [0.5, 0.6) is 5.75 Å². The molecule has 0 amide bonds. The van der Waals surface area contributed by atoms with Crippen LogP contribution in [0.1, 0.15) is 37.3 Å². The molecule has 4 heteroatoms. The maximum absolute atomic E-state index is 13.6. The van der Waals surface area contributed by atoms with Crippen molar-refractivity contribution in [1.29, 1.82) is 0 Å². The minimum absolute atomic E-state index is 0.0284. The zero-order valence-electron chi connectivity index (χ0n) is 10.1. The molecule has 0 aromatic heterocycles. The Bertz CT molecular complexity index is 380. The van der Waals surface area contributed by atoms with Crippen molar-refractivity contribution in [3.63, 3.8) is 0 Å². The Hall–Kier alpha value is -1.13. The number of ether oxygens (including phenoxy) is 1. The molecule has 1 atom stereocenters. The van der Waals surface area contributed by atoms with Crippen LogP contribution in [0.4, 0.5) is 4.39 Å². The number of rotatable bonds is 5. The lowest BCUT2D eigenvalue weighted by Crippen LogP contribution is -2.31. The molecular weight excluding hydrogens is 219 g/mol. The van der Waals surface area contributed by atoms with Crippen molar-refractivity contribution in [3.05, 3.63) is 29.6 Å². The number of hydrogen-bond acceptors (Lipinski definition) is 3. The largest absolute Gasteiger partial charge is 0.494 e. The number of halogens is 1. The van der Waals surface area contributed by atoms with Gasteiger partial charge >= 0.3 is 0 Å². The first-order chi connectivity index (χ1) is 8.24. The van der Waals surface area contributed by atoms with Gasteiger partial charge in [0.25, 0.3) is 0 Å². The Morgan fingerprint density at radius 3 is 2.76 bits per heavy atom. The summed E-state index contributed by atoms with van der Waals surface area (Å²) in [7, 11) is 1.46. The highest BCUT2D eigenvalue weighted by Gasteiger charge is 2.23. The number of methoxy groups -OCH3 is 1. The monoisotopic (exact) mass is 238 g/mol. The van der Waals surface area contributed by atoms with E-state index in [1.165, 1.54) is 32.4 Å². The van der Waals surface area contributed by atoms with Crippen molar-refractivity contribution >= 4 is 0 Å². The number of nitrogens with one attached hydrogen (secondary N) is 1. The molecule has 1 aliphatic carbocycles. The van der Waals surface area contributed by atoms with E-state index >= 15 is 0 Å². The Morgan fingerprint density at radius 1 is 1.53 bits per heavy atom. The highest BCUT2D eigenvalue weighted by atomic mass is 19.1. The molecular formula is C13H19FN2O. The molecule has 3 nitrogen and oxygen atoms in total. The second-order valence-electron chi connectivity index (χ2n) is 4.65. The van der Waals surface area contributed by atoms with Crippen LogP contribution < -0.4 is 16.0 Å². The van der Waals surface area contributed by atoms with Crippen molar-refractivity contribution in [3.8, 4) is 5.75 Å². The summed E-state index contributed by atoms with van der Waals surface area (Å²) in [6.45, 7) is 0. The van der Waals surface area contributed by atoms with Crippen molar-refractivity contribution in [2.45, 2.75) is 31.7 Å². The third kappa shape index (κ3) is 2.76. The number of hydrazine groups is 1. The average Bonchev–Trinajstić information content (AvgIpc) is 2.28. The van der Waals surface area contributed by atoms with E-state index in [-0.39, 0.29) is 17.6 Å². The van der Waals surface area contributed by atoms with Gasteiger partial charge in [0.2, 0.25) is 0 Å². The standard InChI is InChI=1S/C13H19FN2O/c1-17-13-6-5-10(8-11(13)14)12(16-15)7-9-3-2-4-9/h5-6,8-9,12,16H,2-4,7,15H2,1H3. The second kappa shape index (κ2) is 5.47. The van der Waals surface area contributed by atoms with E-state index in [1.807, 2.05) is 6.07 Å². The fourth-order valence-corrected chi connectivity index (χ4v) is 2.26. The predicted octanol–water partition coefficient (Wildman–Crippen LogP) is 2.53. The molecule has 1 saturated carbocycles. The molecule has 1 aromatic carbocycles. The van der Waals surface area contributed by atoms with E-state index in [4.69, 9.17) is 10.6 Å². The fraction of sp³-hybridized carbons (Fsp3) is 0.538. The van der Waals surface area contributed by atoms with E-state index in [0.29, 0.717) is 0 Å². The van der Waals surface area contributed by atoms with Crippen molar-refractivity contribution in [2.75, 3.05) is 7.11 Å². The first kappa shape index (κ1) is 12.3. The molecule has 17 heavy (non-hydrogen) atoms. The summed E-state index contributed by atoms with van der Waals surface area (Å²) < 4.78 is 18.5. The lowest BCUT2D eigenvalue weighted by atomic mass is 9.80. The highest BCUT2D eigenvalue weighted by Crippen LogP contribution is 2.35. The third-order valence-corrected chi connectivity index (χ3v) is 3.57.